The summed E-state index contributed by atoms with van der Waals surface area (Å²) in [6.45, 7) is 3.75. The maximum absolute atomic E-state index is 13.6. The Morgan fingerprint density at radius 1 is 1.13 bits per heavy atom. The Hall–Kier alpha value is -2.47. The van der Waals surface area contributed by atoms with E-state index in [9.17, 15) is 9.18 Å². The van der Waals surface area contributed by atoms with Gasteiger partial charge in [0.05, 0.1) is 17.4 Å². The number of thiocarbonyl (C=S) groups is 1. The second-order valence-electron chi connectivity index (χ2n) is 5.05. The number of hydrogen-bond donors (Lipinski definition) is 2. The molecule has 0 aliphatic heterocycles. The highest BCUT2D eigenvalue weighted by Gasteiger charge is 2.14. The Bertz CT molecular complexity index is 719. The molecule has 0 heterocycles. The van der Waals surface area contributed by atoms with E-state index in [4.69, 9.17) is 17.0 Å². The van der Waals surface area contributed by atoms with E-state index in [0.29, 0.717) is 11.3 Å². The van der Waals surface area contributed by atoms with Crippen LogP contribution >= 0.6 is 12.2 Å². The van der Waals surface area contributed by atoms with Gasteiger partial charge in [-0.25, -0.2) is 4.39 Å². The van der Waals surface area contributed by atoms with Crippen LogP contribution in [0.4, 0.5) is 10.1 Å². The third kappa shape index (κ3) is 4.75. The summed E-state index contributed by atoms with van der Waals surface area (Å²) in [6.07, 6.45) is -0.0626. The first kappa shape index (κ1) is 16.9. The fraction of sp³-hybridized carbons (Fsp3) is 0.176. The second-order valence-corrected chi connectivity index (χ2v) is 5.46. The molecule has 0 saturated heterocycles. The monoisotopic (exact) mass is 332 g/mol. The number of hydrogen-bond acceptors (Lipinski definition) is 3. The van der Waals surface area contributed by atoms with Crippen molar-refractivity contribution in [3.8, 4) is 5.75 Å². The summed E-state index contributed by atoms with van der Waals surface area (Å²) in [6, 6.07) is 12.9. The Labute approximate surface area is 139 Å². The van der Waals surface area contributed by atoms with E-state index in [-0.39, 0.29) is 16.9 Å². The Morgan fingerprint density at radius 3 is 2.48 bits per heavy atom. The van der Waals surface area contributed by atoms with Gasteiger partial charge in [-0.3, -0.25) is 10.1 Å². The lowest BCUT2D eigenvalue weighted by atomic mass is 10.2. The van der Waals surface area contributed by atoms with E-state index >= 15 is 0 Å². The summed E-state index contributed by atoms with van der Waals surface area (Å²) in [7, 11) is 0. The number of benzene rings is 2. The summed E-state index contributed by atoms with van der Waals surface area (Å²) in [5, 5.41) is 5.19. The number of para-hydroxylation sites is 2. The summed E-state index contributed by atoms with van der Waals surface area (Å²) in [5.41, 5.74) is 0.559. The zero-order valence-electron chi connectivity index (χ0n) is 12.8. The lowest BCUT2D eigenvalue weighted by Gasteiger charge is -2.15. The highest BCUT2D eigenvalue weighted by molar-refractivity contribution is 7.80. The molecule has 2 rings (SSSR count). The van der Waals surface area contributed by atoms with Crippen molar-refractivity contribution in [3.63, 3.8) is 0 Å². The van der Waals surface area contributed by atoms with Crippen LogP contribution in [0.1, 0.15) is 24.2 Å². The highest BCUT2D eigenvalue weighted by atomic mass is 32.1. The molecule has 2 aromatic rings. The molecule has 23 heavy (non-hydrogen) atoms. The van der Waals surface area contributed by atoms with Crippen molar-refractivity contribution in [2.45, 2.75) is 20.0 Å². The van der Waals surface area contributed by atoms with Gasteiger partial charge in [0.25, 0.3) is 5.91 Å². The number of carbonyl (C=O) groups excluding carboxylic acids is 1. The van der Waals surface area contributed by atoms with Gasteiger partial charge in [-0.1, -0.05) is 24.3 Å². The highest BCUT2D eigenvalue weighted by Crippen LogP contribution is 2.19. The summed E-state index contributed by atoms with van der Waals surface area (Å²) >= 11 is 5.05. The lowest BCUT2D eigenvalue weighted by Crippen LogP contribution is -2.34. The van der Waals surface area contributed by atoms with Crippen LogP contribution in [0.5, 0.6) is 5.75 Å². The quantitative estimate of drug-likeness (QED) is 0.838. The van der Waals surface area contributed by atoms with Crippen LogP contribution in [0.2, 0.25) is 0 Å². The van der Waals surface area contributed by atoms with Crippen molar-refractivity contribution >= 4 is 28.9 Å². The van der Waals surface area contributed by atoms with Gasteiger partial charge in [0.1, 0.15) is 11.6 Å². The molecule has 0 fully saturated rings. The third-order valence-electron chi connectivity index (χ3n) is 2.84. The zero-order valence-corrected chi connectivity index (χ0v) is 13.6. The number of carbonyl (C=O) groups is 1. The van der Waals surface area contributed by atoms with Gasteiger partial charge in [0.15, 0.2) is 5.11 Å². The molecule has 0 atom stereocenters. The standard InChI is InChI=1S/C17H17FN2O2S/c1-11(2)22-15-10-6-3-7-12(15)16(21)20-17(23)19-14-9-5-4-8-13(14)18/h3-11H,1-2H3,(H2,19,20,21,23). The Balaban J connectivity index is 2.07. The van der Waals surface area contributed by atoms with Crippen molar-refractivity contribution in [3.05, 3.63) is 59.9 Å². The van der Waals surface area contributed by atoms with E-state index in [0.717, 1.165) is 0 Å². The molecule has 120 valence electrons. The molecular formula is C17H17FN2O2S. The van der Waals surface area contributed by atoms with Crippen LogP contribution < -0.4 is 15.4 Å². The van der Waals surface area contributed by atoms with Gasteiger partial charge in [-0.05, 0) is 50.3 Å². The van der Waals surface area contributed by atoms with E-state index in [2.05, 4.69) is 10.6 Å². The van der Waals surface area contributed by atoms with Crippen LogP contribution in [0, 0.1) is 5.82 Å². The number of halogens is 1. The van der Waals surface area contributed by atoms with E-state index < -0.39 is 11.7 Å². The molecule has 0 spiro atoms. The molecule has 0 saturated carbocycles. The SMILES string of the molecule is CC(C)Oc1ccccc1C(=O)NC(=S)Nc1ccccc1F. The molecule has 0 radical (unpaired) electrons. The van der Waals surface area contributed by atoms with Gasteiger partial charge in [-0.15, -0.1) is 0 Å². The first-order valence-corrected chi connectivity index (χ1v) is 7.50. The van der Waals surface area contributed by atoms with Crippen molar-refractivity contribution in [2.75, 3.05) is 5.32 Å². The minimum Gasteiger partial charge on any atom is -0.490 e. The minimum atomic E-state index is -0.451. The van der Waals surface area contributed by atoms with Crippen LogP contribution in [0.3, 0.4) is 0 Å². The normalized spacial score (nSPS) is 10.3. The zero-order chi connectivity index (χ0) is 16.8. The average molecular weight is 332 g/mol. The van der Waals surface area contributed by atoms with Crippen molar-refractivity contribution < 1.29 is 13.9 Å². The first-order valence-electron chi connectivity index (χ1n) is 7.10. The lowest BCUT2D eigenvalue weighted by molar-refractivity contribution is 0.0972. The van der Waals surface area contributed by atoms with Gasteiger partial charge in [0, 0.05) is 0 Å². The van der Waals surface area contributed by atoms with E-state index in [1.807, 2.05) is 13.8 Å². The van der Waals surface area contributed by atoms with E-state index in [1.165, 1.54) is 12.1 Å². The topological polar surface area (TPSA) is 50.4 Å². The average Bonchev–Trinajstić information content (AvgIpc) is 2.49. The molecule has 6 heteroatoms. The van der Waals surface area contributed by atoms with E-state index in [1.54, 1.807) is 36.4 Å². The second kappa shape index (κ2) is 7.69. The van der Waals surface area contributed by atoms with Crippen molar-refractivity contribution in [1.29, 1.82) is 0 Å². The third-order valence-corrected chi connectivity index (χ3v) is 3.05. The van der Waals surface area contributed by atoms with Crippen LogP contribution in [0.25, 0.3) is 0 Å². The summed E-state index contributed by atoms with van der Waals surface area (Å²) in [5.74, 6) is -0.406. The number of anilines is 1. The molecule has 4 nitrogen and oxygen atoms in total. The maximum Gasteiger partial charge on any atom is 0.261 e. The van der Waals surface area contributed by atoms with Gasteiger partial charge >= 0.3 is 0 Å². The fourth-order valence-electron chi connectivity index (χ4n) is 1.90. The van der Waals surface area contributed by atoms with Crippen LogP contribution in [-0.4, -0.2) is 17.1 Å². The van der Waals surface area contributed by atoms with Gasteiger partial charge < -0.3 is 10.1 Å². The number of nitrogens with one attached hydrogen (secondary N) is 2. The number of amides is 1. The molecular weight excluding hydrogens is 315 g/mol. The fourth-order valence-corrected chi connectivity index (χ4v) is 2.10. The Morgan fingerprint density at radius 2 is 1.78 bits per heavy atom. The molecule has 0 unspecified atom stereocenters. The summed E-state index contributed by atoms with van der Waals surface area (Å²) < 4.78 is 19.2. The largest absolute Gasteiger partial charge is 0.490 e. The predicted octanol–water partition coefficient (Wildman–Crippen LogP) is 3.74. The molecule has 0 bridgehead atoms. The smallest absolute Gasteiger partial charge is 0.261 e. The van der Waals surface area contributed by atoms with Crippen molar-refractivity contribution in [1.82, 2.24) is 5.32 Å². The number of ether oxygens (including phenoxy) is 1. The van der Waals surface area contributed by atoms with Gasteiger partial charge in [-0.2, -0.15) is 0 Å². The van der Waals surface area contributed by atoms with Crippen LogP contribution in [0.15, 0.2) is 48.5 Å². The van der Waals surface area contributed by atoms with Crippen molar-refractivity contribution in [2.24, 2.45) is 0 Å². The minimum absolute atomic E-state index is 0.0134. The predicted molar refractivity (Wildman–Crippen MR) is 92.3 cm³/mol. The van der Waals surface area contributed by atoms with Crippen LogP contribution in [-0.2, 0) is 0 Å². The molecule has 0 aromatic heterocycles. The molecule has 1 amide bonds. The molecule has 0 aliphatic rings. The first-order chi connectivity index (χ1) is 11.0. The summed E-state index contributed by atoms with van der Waals surface area (Å²) in [4.78, 5) is 12.3. The maximum atomic E-state index is 13.6. The molecule has 2 N–H and O–H groups in total. The van der Waals surface area contributed by atoms with Gasteiger partial charge in [0.2, 0.25) is 0 Å². The number of rotatable bonds is 4. The molecule has 0 aliphatic carbocycles. The molecule has 2 aromatic carbocycles. The Kier molecular flexibility index (Phi) is 5.65.